The molecule has 1 heterocycles. The lowest BCUT2D eigenvalue weighted by Crippen LogP contribution is -2.29. The number of nitriles is 1. The summed E-state index contributed by atoms with van der Waals surface area (Å²) in [6, 6.07) is 65.5. The Balaban J connectivity index is 1.23. The highest BCUT2D eigenvalue weighted by Gasteiger charge is 2.50. The zero-order chi connectivity index (χ0) is 35.4. The summed E-state index contributed by atoms with van der Waals surface area (Å²) in [5.41, 5.74) is 13.4. The van der Waals surface area contributed by atoms with Crippen LogP contribution < -0.4 is 4.90 Å². The molecule has 0 amide bonds. The summed E-state index contributed by atoms with van der Waals surface area (Å²) >= 11 is 0. The maximum Gasteiger partial charge on any atom is 0.0991 e. The maximum atomic E-state index is 9.72. The van der Waals surface area contributed by atoms with Gasteiger partial charge in [-0.15, -0.1) is 0 Å². The molecule has 3 heteroatoms. The van der Waals surface area contributed by atoms with Gasteiger partial charge in [0.25, 0.3) is 0 Å². The van der Waals surface area contributed by atoms with E-state index in [0.29, 0.717) is 5.56 Å². The lowest BCUT2D eigenvalue weighted by molar-refractivity contribution is 0.693. The van der Waals surface area contributed by atoms with Crippen LogP contribution in [-0.2, 0) is 5.41 Å². The fraction of sp³-hybridized carbons (Fsp3) is 0.0600. The van der Waals surface area contributed by atoms with Crippen LogP contribution in [0.15, 0.2) is 200 Å². The number of nitrogens with zero attached hydrogens (tertiary/aromatic N) is 3. The van der Waals surface area contributed by atoms with Gasteiger partial charge in [-0.05, 0) is 107 Å². The van der Waals surface area contributed by atoms with Crippen molar-refractivity contribution in [2.45, 2.75) is 17.8 Å². The fourth-order valence-electron chi connectivity index (χ4n) is 9.05. The molecule has 0 bridgehead atoms. The molecule has 2 aliphatic rings. The molecule has 1 unspecified atom stereocenters. The Morgan fingerprint density at radius 2 is 1.19 bits per heavy atom. The molecule has 0 saturated carbocycles. The maximum absolute atomic E-state index is 9.72. The zero-order valence-electron chi connectivity index (χ0n) is 29.1. The number of para-hydroxylation sites is 2. The molecule has 0 N–H and O–H groups in total. The van der Waals surface area contributed by atoms with Crippen LogP contribution in [0.4, 0.5) is 17.1 Å². The van der Waals surface area contributed by atoms with Crippen molar-refractivity contribution >= 4 is 38.9 Å². The summed E-state index contributed by atoms with van der Waals surface area (Å²) < 4.78 is 2.35. The van der Waals surface area contributed by atoms with E-state index in [1.165, 1.54) is 44.1 Å². The second-order valence-electron chi connectivity index (χ2n) is 14.0. The van der Waals surface area contributed by atoms with Gasteiger partial charge in [0.1, 0.15) is 0 Å². The molecule has 0 saturated heterocycles. The fourth-order valence-corrected chi connectivity index (χ4v) is 9.05. The normalized spacial score (nSPS) is 15.5. The van der Waals surface area contributed by atoms with Gasteiger partial charge in [-0.25, -0.2) is 0 Å². The summed E-state index contributed by atoms with van der Waals surface area (Å²) in [6.07, 6.45) is 7.88. The molecule has 10 rings (SSSR count). The molecule has 0 fully saturated rings. The van der Waals surface area contributed by atoms with E-state index in [1.807, 2.05) is 12.1 Å². The van der Waals surface area contributed by atoms with Gasteiger partial charge in [-0.3, -0.25) is 0 Å². The van der Waals surface area contributed by atoms with Crippen LogP contribution in [0.5, 0.6) is 0 Å². The van der Waals surface area contributed by atoms with E-state index in [-0.39, 0.29) is 5.92 Å². The predicted molar refractivity (Wildman–Crippen MR) is 218 cm³/mol. The van der Waals surface area contributed by atoms with Crippen molar-refractivity contribution in [1.82, 2.24) is 4.57 Å². The van der Waals surface area contributed by atoms with Crippen molar-refractivity contribution < 1.29 is 0 Å². The second-order valence-corrected chi connectivity index (χ2v) is 14.0. The zero-order valence-corrected chi connectivity index (χ0v) is 29.1. The predicted octanol–water partition coefficient (Wildman–Crippen LogP) is 12.4. The summed E-state index contributed by atoms with van der Waals surface area (Å²) in [4.78, 5) is 2.35. The summed E-state index contributed by atoms with van der Waals surface area (Å²) in [5.74, 6) is 0.285. The average Bonchev–Trinajstić information content (AvgIpc) is 3.72. The van der Waals surface area contributed by atoms with E-state index in [9.17, 15) is 5.26 Å². The Morgan fingerprint density at radius 3 is 1.91 bits per heavy atom. The van der Waals surface area contributed by atoms with Gasteiger partial charge in [0.15, 0.2) is 0 Å². The SMILES string of the molecule is N#Cc1ccc(N(c2ccc3c(c2)C(c2ccccc2)(c2ccccc2)C2=CC=CCC23)c2ccc3c(c2)c2ccccc2n3-c2ccccc2)cc1. The van der Waals surface area contributed by atoms with Gasteiger partial charge >= 0.3 is 0 Å². The largest absolute Gasteiger partial charge is 0.310 e. The third-order valence-electron chi connectivity index (χ3n) is 11.3. The molecule has 7 aromatic carbocycles. The van der Waals surface area contributed by atoms with Crippen LogP contribution in [0.1, 0.15) is 40.2 Å². The Hall–Kier alpha value is -6.89. The molecule has 0 spiro atoms. The van der Waals surface area contributed by atoms with Crippen molar-refractivity contribution in [2.75, 3.05) is 4.90 Å². The monoisotopic (exact) mass is 677 g/mol. The van der Waals surface area contributed by atoms with E-state index in [2.05, 4.69) is 198 Å². The van der Waals surface area contributed by atoms with Gasteiger partial charge in [0.2, 0.25) is 0 Å². The molecule has 0 aliphatic heterocycles. The topological polar surface area (TPSA) is 32.0 Å². The van der Waals surface area contributed by atoms with Crippen LogP contribution >= 0.6 is 0 Å². The van der Waals surface area contributed by atoms with Crippen LogP contribution in [-0.4, -0.2) is 4.57 Å². The van der Waals surface area contributed by atoms with E-state index in [0.717, 1.165) is 34.7 Å². The molecule has 1 aromatic heterocycles. The van der Waals surface area contributed by atoms with Crippen LogP contribution in [0.25, 0.3) is 27.5 Å². The van der Waals surface area contributed by atoms with Crippen LogP contribution in [0.2, 0.25) is 0 Å². The molecule has 8 aromatic rings. The third kappa shape index (κ3) is 4.73. The van der Waals surface area contributed by atoms with Crippen molar-refractivity contribution in [3.8, 4) is 11.8 Å². The lowest BCUT2D eigenvalue weighted by Gasteiger charge is -2.36. The number of aromatic nitrogens is 1. The summed E-state index contributed by atoms with van der Waals surface area (Å²) in [5, 5.41) is 12.1. The standard InChI is InChI=1S/C50H35N3/c51-34-35-24-26-39(27-25-35)52(40-29-31-49-45(32-40)44-21-11-13-23-48(44)53(49)38-18-8-3-9-19-38)41-28-30-43-42-20-10-12-22-46(42)50(47(43)33-41,36-14-4-1-5-15-36)37-16-6-2-7-17-37/h1-19,21-33,42H,20H2. The minimum absolute atomic E-state index is 0.285. The molecule has 3 nitrogen and oxygen atoms in total. The van der Waals surface area contributed by atoms with Gasteiger partial charge in [-0.2, -0.15) is 5.26 Å². The number of rotatable bonds is 6. The van der Waals surface area contributed by atoms with E-state index in [4.69, 9.17) is 0 Å². The van der Waals surface area contributed by atoms with Gasteiger partial charge < -0.3 is 9.47 Å². The van der Waals surface area contributed by atoms with Crippen molar-refractivity contribution in [2.24, 2.45) is 0 Å². The molecule has 53 heavy (non-hydrogen) atoms. The highest BCUT2D eigenvalue weighted by molar-refractivity contribution is 6.10. The molecule has 1 atom stereocenters. The Labute approximate surface area is 309 Å². The van der Waals surface area contributed by atoms with E-state index >= 15 is 0 Å². The molecular weight excluding hydrogens is 643 g/mol. The Kier molecular flexibility index (Phi) is 7.23. The van der Waals surface area contributed by atoms with E-state index in [1.54, 1.807) is 0 Å². The second kappa shape index (κ2) is 12.4. The third-order valence-corrected chi connectivity index (χ3v) is 11.3. The molecular formula is C50H35N3. The minimum Gasteiger partial charge on any atom is -0.310 e. The highest BCUT2D eigenvalue weighted by atomic mass is 15.1. The van der Waals surface area contributed by atoms with Gasteiger partial charge in [0.05, 0.1) is 28.1 Å². The van der Waals surface area contributed by atoms with Crippen LogP contribution in [0, 0.1) is 11.3 Å². The summed E-state index contributed by atoms with van der Waals surface area (Å²) in [6.45, 7) is 0. The quantitative estimate of drug-likeness (QED) is 0.175. The van der Waals surface area contributed by atoms with Gasteiger partial charge in [0, 0.05) is 39.4 Å². The average molecular weight is 678 g/mol. The van der Waals surface area contributed by atoms with Gasteiger partial charge in [-0.1, -0.05) is 121 Å². The number of allylic oxidation sites excluding steroid dienone is 4. The highest BCUT2D eigenvalue weighted by Crippen LogP contribution is 2.60. The number of hydrogen-bond acceptors (Lipinski definition) is 2. The van der Waals surface area contributed by atoms with Crippen molar-refractivity contribution in [3.63, 3.8) is 0 Å². The first-order chi connectivity index (χ1) is 26.3. The summed E-state index contributed by atoms with van der Waals surface area (Å²) in [7, 11) is 0. The smallest absolute Gasteiger partial charge is 0.0991 e. The van der Waals surface area contributed by atoms with E-state index < -0.39 is 5.41 Å². The number of hydrogen-bond donors (Lipinski definition) is 0. The first-order valence-corrected chi connectivity index (χ1v) is 18.3. The number of fused-ring (bicyclic) bond motifs is 6. The minimum atomic E-state index is -0.452. The Morgan fingerprint density at radius 1 is 0.585 bits per heavy atom. The Bertz CT molecular complexity index is 2710. The van der Waals surface area contributed by atoms with Crippen molar-refractivity contribution in [3.05, 3.63) is 228 Å². The van der Waals surface area contributed by atoms with Crippen LogP contribution in [0.3, 0.4) is 0 Å². The molecule has 0 radical (unpaired) electrons. The number of benzene rings is 7. The molecule has 250 valence electrons. The van der Waals surface area contributed by atoms with Crippen molar-refractivity contribution in [1.29, 1.82) is 5.26 Å². The first-order valence-electron chi connectivity index (χ1n) is 18.3. The number of anilines is 3. The first kappa shape index (κ1) is 30.9. The molecule has 2 aliphatic carbocycles. The lowest BCUT2D eigenvalue weighted by atomic mass is 9.66.